The van der Waals surface area contributed by atoms with Crippen molar-refractivity contribution in [3.63, 3.8) is 0 Å². The molecule has 1 aliphatic heterocycles. The molecule has 1 atom stereocenters. The van der Waals surface area contributed by atoms with E-state index in [1.54, 1.807) is 21.0 Å². The van der Waals surface area contributed by atoms with Crippen LogP contribution < -0.4 is 4.90 Å². The van der Waals surface area contributed by atoms with E-state index in [1.807, 2.05) is 56.4 Å². The first-order valence-electron chi connectivity index (χ1n) is 10.7. The molecule has 166 valence electrons. The maximum absolute atomic E-state index is 13.3. The molecule has 0 saturated heterocycles. The lowest BCUT2D eigenvalue weighted by Crippen LogP contribution is -2.32. The number of nitrogens with zero attached hydrogens (tertiary/aromatic N) is 2. The number of methoxy groups -OCH3 is 1. The molecule has 0 aliphatic carbocycles. The standard InChI is InChI=1S/C26H28N2O4/c1-15(2)24(29)22-23(20-9-7-6-8-17(20)14-32-5)28(26(31)25(22)30)19-10-11-21-18(13-19)12-16(3)27(21)4/h6-13,15,23,30H,14H2,1-5H3. The van der Waals surface area contributed by atoms with Gasteiger partial charge in [-0.3, -0.25) is 14.5 Å². The normalized spacial score (nSPS) is 16.6. The molecule has 0 spiro atoms. The van der Waals surface area contributed by atoms with Gasteiger partial charge in [-0.1, -0.05) is 38.1 Å². The maximum Gasteiger partial charge on any atom is 0.294 e. The van der Waals surface area contributed by atoms with Gasteiger partial charge in [0.1, 0.15) is 0 Å². The molecule has 1 amide bonds. The smallest absolute Gasteiger partial charge is 0.294 e. The number of benzene rings is 2. The molecule has 3 aromatic rings. The van der Waals surface area contributed by atoms with E-state index in [1.165, 1.54) is 4.90 Å². The van der Waals surface area contributed by atoms with Crippen molar-refractivity contribution in [2.45, 2.75) is 33.4 Å². The number of rotatable bonds is 6. The number of carbonyl (C=O) groups excluding carboxylic acids is 2. The number of carbonyl (C=O) groups is 2. The highest BCUT2D eigenvalue weighted by molar-refractivity contribution is 6.17. The largest absolute Gasteiger partial charge is 0.503 e. The van der Waals surface area contributed by atoms with Crippen molar-refractivity contribution in [2.24, 2.45) is 13.0 Å². The monoisotopic (exact) mass is 432 g/mol. The van der Waals surface area contributed by atoms with E-state index in [9.17, 15) is 14.7 Å². The summed E-state index contributed by atoms with van der Waals surface area (Å²) in [7, 11) is 3.60. The summed E-state index contributed by atoms with van der Waals surface area (Å²) in [6, 6.07) is 14.6. The molecule has 6 nitrogen and oxygen atoms in total. The minimum atomic E-state index is -0.731. The van der Waals surface area contributed by atoms with Gasteiger partial charge in [0.05, 0.1) is 18.2 Å². The summed E-state index contributed by atoms with van der Waals surface area (Å²) < 4.78 is 7.45. The Labute approximate surface area is 187 Å². The highest BCUT2D eigenvalue weighted by atomic mass is 16.5. The van der Waals surface area contributed by atoms with Crippen molar-refractivity contribution in [2.75, 3.05) is 12.0 Å². The lowest BCUT2D eigenvalue weighted by atomic mass is 9.89. The van der Waals surface area contributed by atoms with Gasteiger partial charge in [-0.25, -0.2) is 0 Å². The van der Waals surface area contributed by atoms with Gasteiger partial charge in [-0.15, -0.1) is 0 Å². The summed E-state index contributed by atoms with van der Waals surface area (Å²) in [4.78, 5) is 28.0. The Morgan fingerprint density at radius 2 is 1.88 bits per heavy atom. The molecule has 0 bridgehead atoms. The van der Waals surface area contributed by atoms with E-state index in [2.05, 4.69) is 10.6 Å². The van der Waals surface area contributed by atoms with Crippen LogP contribution in [0.1, 0.15) is 36.7 Å². The number of aliphatic hydroxyl groups is 1. The fraction of sp³-hybridized carbons (Fsp3) is 0.308. The zero-order valence-corrected chi connectivity index (χ0v) is 19.0. The number of ether oxygens (including phenoxy) is 1. The quantitative estimate of drug-likeness (QED) is 0.610. The Morgan fingerprint density at radius 1 is 1.16 bits per heavy atom. The molecule has 32 heavy (non-hydrogen) atoms. The first kappa shape index (κ1) is 21.8. The topological polar surface area (TPSA) is 71.8 Å². The van der Waals surface area contributed by atoms with Crippen molar-refractivity contribution < 1.29 is 19.4 Å². The molecule has 1 aliphatic rings. The first-order valence-corrected chi connectivity index (χ1v) is 10.7. The van der Waals surface area contributed by atoms with Crippen LogP contribution in [0.25, 0.3) is 10.9 Å². The van der Waals surface area contributed by atoms with Gasteiger partial charge in [0.15, 0.2) is 11.5 Å². The van der Waals surface area contributed by atoms with Gasteiger partial charge in [0.25, 0.3) is 5.91 Å². The van der Waals surface area contributed by atoms with Crippen molar-refractivity contribution in [1.29, 1.82) is 0 Å². The second kappa shape index (κ2) is 8.28. The second-order valence-corrected chi connectivity index (χ2v) is 8.58. The van der Waals surface area contributed by atoms with Crippen molar-refractivity contribution >= 4 is 28.3 Å². The molecule has 0 radical (unpaired) electrons. The molecular formula is C26H28N2O4. The van der Waals surface area contributed by atoms with Gasteiger partial charge >= 0.3 is 0 Å². The molecule has 0 fully saturated rings. The fourth-order valence-electron chi connectivity index (χ4n) is 4.44. The number of ketones is 1. The molecule has 1 N–H and O–H groups in total. The third-order valence-corrected chi connectivity index (χ3v) is 6.19. The van der Waals surface area contributed by atoms with Crippen LogP contribution in [0.2, 0.25) is 0 Å². The average Bonchev–Trinajstić information content (AvgIpc) is 3.20. The van der Waals surface area contributed by atoms with Crippen molar-refractivity contribution in [1.82, 2.24) is 4.57 Å². The van der Waals surface area contributed by atoms with Gasteiger partial charge in [0.2, 0.25) is 0 Å². The number of amides is 1. The molecule has 4 rings (SSSR count). The number of hydrogen-bond acceptors (Lipinski definition) is 4. The minimum absolute atomic E-state index is 0.137. The zero-order chi connectivity index (χ0) is 23.2. The van der Waals surface area contributed by atoms with Crippen molar-refractivity contribution in [3.8, 4) is 0 Å². The van der Waals surface area contributed by atoms with Crippen LogP contribution in [-0.2, 0) is 28.0 Å². The summed E-state index contributed by atoms with van der Waals surface area (Å²) in [6.07, 6.45) is 0. The number of anilines is 1. The van der Waals surface area contributed by atoms with Crippen LogP contribution >= 0.6 is 0 Å². The number of aromatic nitrogens is 1. The zero-order valence-electron chi connectivity index (χ0n) is 19.0. The minimum Gasteiger partial charge on any atom is -0.503 e. The Kier molecular flexibility index (Phi) is 5.65. The third-order valence-electron chi connectivity index (χ3n) is 6.19. The van der Waals surface area contributed by atoms with Gasteiger partial charge < -0.3 is 14.4 Å². The van der Waals surface area contributed by atoms with Crippen LogP contribution in [-0.4, -0.2) is 28.5 Å². The number of Topliss-reactive ketones (excluding diaryl/α,β-unsaturated/α-hetero) is 1. The van der Waals surface area contributed by atoms with Gasteiger partial charge in [-0.2, -0.15) is 0 Å². The van der Waals surface area contributed by atoms with Gasteiger partial charge in [-0.05, 0) is 42.3 Å². The lowest BCUT2D eigenvalue weighted by Gasteiger charge is -2.29. The SMILES string of the molecule is COCc1ccccc1C1C(C(=O)C(C)C)=C(O)C(=O)N1c1ccc2c(c1)cc(C)n2C. The third kappa shape index (κ3) is 3.41. The molecule has 6 heteroatoms. The summed E-state index contributed by atoms with van der Waals surface area (Å²) in [6.45, 7) is 5.89. The highest BCUT2D eigenvalue weighted by Gasteiger charge is 2.45. The van der Waals surface area contributed by atoms with Crippen LogP contribution in [0, 0.1) is 12.8 Å². The first-order chi connectivity index (χ1) is 15.3. The molecular weight excluding hydrogens is 404 g/mol. The number of fused-ring (bicyclic) bond motifs is 1. The number of hydrogen-bond donors (Lipinski definition) is 1. The Hall–Kier alpha value is -3.38. The molecule has 2 aromatic carbocycles. The van der Waals surface area contributed by atoms with E-state index < -0.39 is 17.7 Å². The predicted molar refractivity (Wildman–Crippen MR) is 125 cm³/mol. The highest BCUT2D eigenvalue weighted by Crippen LogP contribution is 2.43. The number of aryl methyl sites for hydroxylation is 2. The van der Waals surface area contributed by atoms with Crippen molar-refractivity contribution in [3.05, 3.63) is 76.7 Å². The summed E-state index contributed by atoms with van der Waals surface area (Å²) >= 11 is 0. The van der Waals surface area contributed by atoms with Gasteiger partial charge in [0, 0.05) is 42.4 Å². The predicted octanol–water partition coefficient (Wildman–Crippen LogP) is 4.76. The summed E-state index contributed by atoms with van der Waals surface area (Å²) in [5.41, 5.74) is 4.54. The van der Waals surface area contributed by atoms with E-state index in [0.717, 1.165) is 27.7 Å². The van der Waals surface area contributed by atoms with Crippen LogP contribution in [0.5, 0.6) is 0 Å². The van der Waals surface area contributed by atoms with Crippen LogP contribution in [0.4, 0.5) is 5.69 Å². The average molecular weight is 433 g/mol. The molecule has 1 aromatic heterocycles. The molecule has 0 saturated carbocycles. The maximum atomic E-state index is 13.3. The summed E-state index contributed by atoms with van der Waals surface area (Å²) in [5.74, 6) is -1.66. The Morgan fingerprint density at radius 3 is 2.56 bits per heavy atom. The van der Waals surface area contributed by atoms with Crippen LogP contribution in [0.15, 0.2) is 59.9 Å². The fourth-order valence-corrected chi connectivity index (χ4v) is 4.44. The van der Waals surface area contributed by atoms with E-state index in [4.69, 9.17) is 4.74 Å². The molecule has 2 heterocycles. The summed E-state index contributed by atoms with van der Waals surface area (Å²) in [5, 5.41) is 11.8. The Balaban J connectivity index is 1.93. The van der Waals surface area contributed by atoms with Crippen LogP contribution in [0.3, 0.4) is 0 Å². The van der Waals surface area contributed by atoms with E-state index in [0.29, 0.717) is 12.3 Å². The Bertz CT molecular complexity index is 1250. The number of aliphatic hydroxyl groups excluding tert-OH is 1. The van der Waals surface area contributed by atoms with E-state index in [-0.39, 0.29) is 17.3 Å². The lowest BCUT2D eigenvalue weighted by molar-refractivity contribution is -0.119. The van der Waals surface area contributed by atoms with E-state index >= 15 is 0 Å². The molecule has 1 unspecified atom stereocenters. The second-order valence-electron chi connectivity index (χ2n) is 8.58.